The molecule has 8 rings (SSSR count). The van der Waals surface area contributed by atoms with E-state index in [1.165, 1.54) is 11.1 Å². The molecule has 250 valence electrons. The number of ether oxygens (including phenoxy) is 2. The highest BCUT2D eigenvalue weighted by molar-refractivity contribution is 5.88. The Balaban J connectivity index is 0.876. The molecule has 0 amide bonds. The van der Waals surface area contributed by atoms with Crippen molar-refractivity contribution >= 4 is 17.5 Å². The Labute approximate surface area is 276 Å². The summed E-state index contributed by atoms with van der Waals surface area (Å²) < 4.78 is 12.4. The van der Waals surface area contributed by atoms with E-state index >= 15 is 0 Å². The Hall–Kier alpha value is -2.17. The van der Waals surface area contributed by atoms with Crippen molar-refractivity contribution in [2.24, 2.45) is 57.2 Å². The quantitative estimate of drug-likeness (QED) is 0.135. The van der Waals surface area contributed by atoms with E-state index in [1.807, 2.05) is 0 Å². The van der Waals surface area contributed by atoms with E-state index in [-0.39, 0.29) is 39.6 Å². The molecule has 0 bridgehead atoms. The van der Waals surface area contributed by atoms with E-state index in [2.05, 4.69) is 46.4 Å². The molecule has 0 heterocycles. The molecular weight excluding hydrogens is 572 g/mol. The van der Waals surface area contributed by atoms with E-state index in [9.17, 15) is 14.4 Å². The topological polar surface area (TPSA) is 69.7 Å². The summed E-state index contributed by atoms with van der Waals surface area (Å²) in [7, 11) is 0. The minimum atomic E-state index is -0.399. The molecule has 5 heteroatoms. The number of fused-ring (bicyclic) bond motifs is 10. The number of allylic oxidation sites excluding steroid dienone is 2. The third-order valence-corrected chi connectivity index (χ3v) is 16.3. The predicted octanol–water partition coefficient (Wildman–Crippen LogP) is 8.86. The van der Waals surface area contributed by atoms with Gasteiger partial charge in [0.05, 0.1) is 0 Å². The third kappa shape index (κ3) is 4.40. The van der Waals surface area contributed by atoms with Crippen molar-refractivity contribution in [1.29, 1.82) is 0 Å². The van der Waals surface area contributed by atoms with Crippen LogP contribution in [0.4, 0.5) is 0 Å². The Morgan fingerprint density at radius 3 is 1.52 bits per heavy atom. The number of Topliss-reactive ketones (excluding diaryl/α,β-unsaturated/α-hetero) is 2. The fourth-order valence-electron chi connectivity index (χ4n) is 13.5. The van der Waals surface area contributed by atoms with Crippen LogP contribution in [0.25, 0.3) is 0 Å². The van der Waals surface area contributed by atoms with Crippen LogP contribution in [0.3, 0.4) is 0 Å². The summed E-state index contributed by atoms with van der Waals surface area (Å²) in [6.45, 7) is 13.5. The van der Waals surface area contributed by atoms with E-state index in [4.69, 9.17) is 9.47 Å². The molecule has 0 N–H and O–H groups in total. The van der Waals surface area contributed by atoms with Gasteiger partial charge in [-0.15, -0.1) is 0 Å². The highest BCUT2D eigenvalue weighted by Gasteiger charge is 2.60. The zero-order valence-corrected chi connectivity index (χ0v) is 28.8. The Kier molecular flexibility index (Phi) is 7.21. The first-order chi connectivity index (χ1) is 21.9. The second-order valence-corrected chi connectivity index (χ2v) is 18.0. The number of hydrogen-bond acceptors (Lipinski definition) is 5. The molecule has 8 aliphatic rings. The van der Waals surface area contributed by atoms with Crippen molar-refractivity contribution < 1.29 is 23.9 Å². The summed E-state index contributed by atoms with van der Waals surface area (Å²) in [4.78, 5) is 38.9. The lowest BCUT2D eigenvalue weighted by atomic mass is 9.48. The monoisotopic (exact) mass is 628 g/mol. The van der Waals surface area contributed by atoms with Crippen molar-refractivity contribution in [1.82, 2.24) is 0 Å². The molecule has 8 aliphatic carbocycles. The summed E-state index contributed by atoms with van der Waals surface area (Å²) >= 11 is 0. The number of carbonyl (C=O) groups excluding carboxylic acids is 3. The van der Waals surface area contributed by atoms with Crippen LogP contribution >= 0.6 is 0 Å². The van der Waals surface area contributed by atoms with E-state index in [0.717, 1.165) is 103 Å². The van der Waals surface area contributed by atoms with Crippen LogP contribution in [0.2, 0.25) is 0 Å². The van der Waals surface area contributed by atoms with Crippen molar-refractivity contribution in [2.75, 3.05) is 0 Å². The highest BCUT2D eigenvalue weighted by Crippen LogP contribution is 2.65. The zero-order chi connectivity index (χ0) is 32.2. The van der Waals surface area contributed by atoms with Gasteiger partial charge in [0.1, 0.15) is 23.8 Å². The van der Waals surface area contributed by atoms with Gasteiger partial charge < -0.3 is 9.47 Å². The maximum absolute atomic E-state index is 13.3. The normalized spacial score (nSPS) is 49.2. The lowest BCUT2D eigenvalue weighted by Gasteiger charge is -2.57. The van der Waals surface area contributed by atoms with Crippen LogP contribution in [0.1, 0.15) is 130 Å². The van der Waals surface area contributed by atoms with Gasteiger partial charge in [0.2, 0.25) is 0 Å². The first-order valence-electron chi connectivity index (χ1n) is 18.9. The molecule has 0 spiro atoms. The zero-order valence-electron chi connectivity index (χ0n) is 28.8. The van der Waals surface area contributed by atoms with E-state index in [0.29, 0.717) is 47.1 Å². The lowest BCUT2D eigenvalue weighted by molar-refractivity contribution is -0.152. The van der Waals surface area contributed by atoms with Crippen LogP contribution in [0, 0.1) is 57.2 Å². The SMILES string of the molecule is C=C(O[C@H]1CCC2(C)C(=CCC3C2CC[C@]2(C)C(=O)CCC32)C1)C(=O)O[C@H]1CC[C@@]2(C)C(=CCC3C2CC[C@]2(C)C(=O)CCC32)C1. The molecule has 0 saturated heterocycles. The second-order valence-electron chi connectivity index (χ2n) is 18.0. The molecule has 6 fully saturated rings. The van der Waals surface area contributed by atoms with E-state index < -0.39 is 5.97 Å². The van der Waals surface area contributed by atoms with Crippen LogP contribution in [-0.4, -0.2) is 29.7 Å². The Morgan fingerprint density at radius 2 is 1.04 bits per heavy atom. The predicted molar refractivity (Wildman–Crippen MR) is 177 cm³/mol. The molecule has 12 atom stereocenters. The summed E-state index contributed by atoms with van der Waals surface area (Å²) in [5, 5.41) is 0. The molecule has 0 aromatic rings. The largest absolute Gasteiger partial charge is 0.483 e. The summed E-state index contributed by atoms with van der Waals surface area (Å²) in [5.74, 6) is 4.34. The average molecular weight is 629 g/mol. The number of hydrogen-bond donors (Lipinski definition) is 0. The number of rotatable bonds is 4. The van der Waals surface area contributed by atoms with Gasteiger partial charge in [-0.05, 0) is 130 Å². The van der Waals surface area contributed by atoms with Crippen molar-refractivity contribution in [2.45, 2.75) is 143 Å². The van der Waals surface area contributed by atoms with Crippen LogP contribution in [0.5, 0.6) is 0 Å². The van der Waals surface area contributed by atoms with Gasteiger partial charge in [-0.3, -0.25) is 9.59 Å². The van der Waals surface area contributed by atoms with Crippen molar-refractivity contribution in [3.63, 3.8) is 0 Å². The maximum atomic E-state index is 13.3. The van der Waals surface area contributed by atoms with Gasteiger partial charge in [0, 0.05) is 36.5 Å². The molecule has 6 saturated carbocycles. The molecular formula is C41H56O5. The molecule has 5 nitrogen and oxygen atoms in total. The minimum Gasteiger partial charge on any atom is -0.483 e. The first kappa shape index (κ1) is 31.1. The number of esters is 1. The summed E-state index contributed by atoms with van der Waals surface area (Å²) in [5.41, 5.74) is 3.09. The standard InChI is InChI=1S/C41H56O5/c1-24(45-27-14-18-38(2)25(22-27)6-8-29-31-10-12-35(42)40(31,4)20-16-33(29)38)37(44)46-28-15-19-39(3)26(23-28)7-9-30-32-11-13-36(43)41(32,5)21-17-34(30)39/h6-7,27-34H,1,8-23H2,2-5H3/t27-,28-,29?,30?,31?,32?,33?,34?,38?,39-,40-,41-/m0/s1. The molecule has 0 radical (unpaired) electrons. The first-order valence-corrected chi connectivity index (χ1v) is 18.9. The number of carbonyl (C=O) groups is 3. The Bertz CT molecular complexity index is 1320. The molecule has 7 unspecified atom stereocenters. The summed E-state index contributed by atoms with van der Waals surface area (Å²) in [6.07, 6.45) is 20.5. The maximum Gasteiger partial charge on any atom is 0.373 e. The van der Waals surface area contributed by atoms with Gasteiger partial charge in [0.15, 0.2) is 5.76 Å². The van der Waals surface area contributed by atoms with E-state index in [1.54, 1.807) is 0 Å². The molecule has 0 aromatic heterocycles. The number of ketones is 2. The van der Waals surface area contributed by atoms with Gasteiger partial charge >= 0.3 is 5.97 Å². The molecule has 0 aromatic carbocycles. The smallest absolute Gasteiger partial charge is 0.373 e. The molecule has 46 heavy (non-hydrogen) atoms. The lowest BCUT2D eigenvalue weighted by Crippen LogP contribution is -2.50. The van der Waals surface area contributed by atoms with Gasteiger partial charge in [-0.2, -0.15) is 0 Å². The van der Waals surface area contributed by atoms with Crippen molar-refractivity contribution in [3.8, 4) is 0 Å². The highest BCUT2D eigenvalue weighted by atomic mass is 16.6. The van der Waals surface area contributed by atoms with Crippen molar-refractivity contribution in [3.05, 3.63) is 35.6 Å². The Morgan fingerprint density at radius 1 is 0.630 bits per heavy atom. The van der Waals surface area contributed by atoms with Gasteiger partial charge in [0.25, 0.3) is 0 Å². The minimum absolute atomic E-state index is 0.0371. The fourth-order valence-corrected chi connectivity index (χ4v) is 13.5. The van der Waals surface area contributed by atoms with Crippen LogP contribution in [0.15, 0.2) is 35.6 Å². The third-order valence-electron chi connectivity index (χ3n) is 16.3. The van der Waals surface area contributed by atoms with Gasteiger partial charge in [-0.25, -0.2) is 4.79 Å². The second kappa shape index (κ2) is 10.7. The van der Waals surface area contributed by atoms with Crippen LogP contribution in [-0.2, 0) is 23.9 Å². The molecule has 0 aliphatic heterocycles. The fraction of sp³-hybridized carbons (Fsp3) is 0.780. The van der Waals surface area contributed by atoms with Gasteiger partial charge in [-0.1, -0.05) is 51.0 Å². The van der Waals surface area contributed by atoms with Crippen LogP contribution < -0.4 is 0 Å². The summed E-state index contributed by atoms with van der Waals surface area (Å²) in [6, 6.07) is 0. The average Bonchev–Trinajstić information content (AvgIpc) is 3.51.